The molecule has 142 valence electrons. The summed E-state index contributed by atoms with van der Waals surface area (Å²) < 4.78 is 27.0. The molecule has 6 nitrogen and oxygen atoms in total. The first-order valence-electron chi connectivity index (χ1n) is 8.95. The van der Waals surface area contributed by atoms with Crippen molar-refractivity contribution < 1.29 is 13.2 Å². The molecule has 0 aliphatic carbocycles. The summed E-state index contributed by atoms with van der Waals surface area (Å²) in [5, 5.41) is 2.72. The second-order valence-electron chi connectivity index (χ2n) is 6.71. The molecular weight excluding hydrogens is 362 g/mol. The monoisotopic (exact) mass is 385 g/mol. The van der Waals surface area contributed by atoms with Crippen LogP contribution in [0.25, 0.3) is 6.08 Å². The maximum Gasteiger partial charge on any atom is 0.248 e. The number of hydrogen-bond donors (Lipinski definition) is 1. The highest BCUT2D eigenvalue weighted by Crippen LogP contribution is 2.24. The summed E-state index contributed by atoms with van der Waals surface area (Å²) in [6, 6.07) is 11.7. The Balaban J connectivity index is 1.64. The van der Waals surface area contributed by atoms with E-state index in [0.717, 1.165) is 12.8 Å². The molecule has 1 N–H and O–H groups in total. The number of anilines is 1. The van der Waals surface area contributed by atoms with Crippen LogP contribution in [0.4, 0.5) is 5.69 Å². The van der Waals surface area contributed by atoms with Crippen molar-refractivity contribution in [1.82, 2.24) is 9.29 Å². The highest BCUT2D eigenvalue weighted by molar-refractivity contribution is 7.89. The van der Waals surface area contributed by atoms with Crippen LogP contribution < -0.4 is 5.32 Å². The van der Waals surface area contributed by atoms with Gasteiger partial charge < -0.3 is 5.32 Å². The van der Waals surface area contributed by atoms with Gasteiger partial charge >= 0.3 is 0 Å². The Kier molecular flexibility index (Phi) is 6.03. The van der Waals surface area contributed by atoms with Crippen LogP contribution in [-0.2, 0) is 14.8 Å². The largest absolute Gasteiger partial charge is 0.323 e. The molecule has 1 aliphatic rings. The molecule has 2 heterocycles. The fourth-order valence-corrected chi connectivity index (χ4v) is 4.64. The zero-order valence-electron chi connectivity index (χ0n) is 15.2. The lowest BCUT2D eigenvalue weighted by Gasteiger charge is -2.30. The number of carbonyl (C=O) groups excluding carboxylic acids is 1. The van der Waals surface area contributed by atoms with E-state index in [1.165, 1.54) is 18.2 Å². The van der Waals surface area contributed by atoms with E-state index in [4.69, 9.17) is 0 Å². The summed E-state index contributed by atoms with van der Waals surface area (Å²) >= 11 is 0. The van der Waals surface area contributed by atoms with Gasteiger partial charge in [-0.25, -0.2) is 8.42 Å². The van der Waals surface area contributed by atoms with Crippen molar-refractivity contribution in [3.05, 3.63) is 60.4 Å². The van der Waals surface area contributed by atoms with Gasteiger partial charge in [-0.1, -0.05) is 13.0 Å². The van der Waals surface area contributed by atoms with Crippen LogP contribution in [-0.4, -0.2) is 36.7 Å². The molecule has 1 amide bonds. The third-order valence-corrected chi connectivity index (χ3v) is 6.35. The standard InChI is InChI=1S/C20H23N3O3S/c1-16-5-4-14-23(15-16)27(25,26)19-10-7-18(8-11-19)22-20(24)12-9-17-6-2-3-13-21-17/h2-3,6-13,16H,4-5,14-15H2,1H3,(H,22,24)/b12-9-/t16-/m1/s1. The fourth-order valence-electron chi connectivity index (χ4n) is 3.04. The van der Waals surface area contributed by atoms with Gasteiger partial charge in [-0.05, 0) is 61.2 Å². The number of sulfonamides is 1. The maximum atomic E-state index is 12.7. The smallest absolute Gasteiger partial charge is 0.248 e. The van der Waals surface area contributed by atoms with Gasteiger partial charge in [-0.15, -0.1) is 0 Å². The Hall–Kier alpha value is -2.51. The zero-order chi connectivity index (χ0) is 19.3. The predicted octanol–water partition coefficient (Wildman–Crippen LogP) is 3.15. The lowest BCUT2D eigenvalue weighted by Crippen LogP contribution is -2.39. The third kappa shape index (κ3) is 5.02. The predicted molar refractivity (Wildman–Crippen MR) is 105 cm³/mol. The molecular formula is C20H23N3O3S. The summed E-state index contributed by atoms with van der Waals surface area (Å²) in [4.78, 5) is 16.4. The number of rotatable bonds is 5. The molecule has 1 aromatic carbocycles. The summed E-state index contributed by atoms with van der Waals surface area (Å²) in [5.41, 5.74) is 1.22. The molecule has 0 spiro atoms. The quantitative estimate of drug-likeness (QED) is 0.802. The Morgan fingerprint density at radius 1 is 1.22 bits per heavy atom. The highest BCUT2D eigenvalue weighted by Gasteiger charge is 2.28. The lowest BCUT2D eigenvalue weighted by atomic mass is 10.0. The van der Waals surface area contributed by atoms with Crippen LogP contribution >= 0.6 is 0 Å². The van der Waals surface area contributed by atoms with Crippen LogP contribution in [0.5, 0.6) is 0 Å². The van der Waals surface area contributed by atoms with Crippen molar-refractivity contribution in [3.8, 4) is 0 Å². The first-order valence-corrected chi connectivity index (χ1v) is 10.4. The van der Waals surface area contributed by atoms with E-state index >= 15 is 0 Å². The molecule has 0 saturated carbocycles. The normalized spacial score (nSPS) is 18.5. The molecule has 1 atom stereocenters. The number of piperidine rings is 1. The van der Waals surface area contributed by atoms with Crippen molar-refractivity contribution in [1.29, 1.82) is 0 Å². The van der Waals surface area contributed by atoms with E-state index in [2.05, 4.69) is 17.2 Å². The Bertz CT molecular complexity index is 909. The molecule has 1 fully saturated rings. The van der Waals surface area contributed by atoms with Crippen LogP contribution in [0.1, 0.15) is 25.5 Å². The number of benzene rings is 1. The van der Waals surface area contributed by atoms with E-state index in [1.807, 2.05) is 6.07 Å². The summed E-state index contributed by atoms with van der Waals surface area (Å²) in [6.45, 7) is 3.18. The minimum atomic E-state index is -3.49. The topological polar surface area (TPSA) is 79.4 Å². The van der Waals surface area contributed by atoms with Gasteiger partial charge in [0.15, 0.2) is 0 Å². The van der Waals surface area contributed by atoms with Gasteiger partial charge in [0.25, 0.3) is 0 Å². The molecule has 0 radical (unpaired) electrons. The second kappa shape index (κ2) is 8.45. The van der Waals surface area contributed by atoms with Crippen molar-refractivity contribution in [2.75, 3.05) is 18.4 Å². The van der Waals surface area contributed by atoms with Crippen LogP contribution in [0, 0.1) is 5.92 Å². The molecule has 1 saturated heterocycles. The Labute approximate surface area is 160 Å². The van der Waals surface area contributed by atoms with E-state index in [0.29, 0.717) is 30.4 Å². The Morgan fingerprint density at radius 3 is 2.67 bits per heavy atom. The number of nitrogens with one attached hydrogen (secondary N) is 1. The van der Waals surface area contributed by atoms with Crippen molar-refractivity contribution in [2.45, 2.75) is 24.7 Å². The maximum absolute atomic E-state index is 12.7. The highest BCUT2D eigenvalue weighted by atomic mass is 32.2. The summed E-state index contributed by atoms with van der Waals surface area (Å²) in [5.74, 6) is 0.0686. The Morgan fingerprint density at radius 2 is 2.00 bits per heavy atom. The van der Waals surface area contributed by atoms with Crippen molar-refractivity contribution >= 4 is 27.7 Å². The number of carbonyl (C=O) groups is 1. The van der Waals surface area contributed by atoms with Gasteiger partial charge in [0.2, 0.25) is 15.9 Å². The average molecular weight is 385 g/mol. The number of amides is 1. The molecule has 0 unspecified atom stereocenters. The van der Waals surface area contributed by atoms with E-state index in [9.17, 15) is 13.2 Å². The van der Waals surface area contributed by atoms with Gasteiger partial charge in [0.05, 0.1) is 10.6 Å². The van der Waals surface area contributed by atoms with Crippen LogP contribution in [0.3, 0.4) is 0 Å². The minimum Gasteiger partial charge on any atom is -0.323 e. The molecule has 1 aliphatic heterocycles. The summed E-state index contributed by atoms with van der Waals surface area (Å²) in [7, 11) is -3.49. The number of aromatic nitrogens is 1. The van der Waals surface area contributed by atoms with Gasteiger partial charge in [-0.3, -0.25) is 9.78 Å². The first-order chi connectivity index (χ1) is 12.9. The van der Waals surface area contributed by atoms with Crippen LogP contribution in [0.15, 0.2) is 59.6 Å². The molecule has 3 rings (SSSR count). The molecule has 2 aromatic rings. The molecule has 27 heavy (non-hydrogen) atoms. The molecule has 1 aromatic heterocycles. The fraction of sp³-hybridized carbons (Fsp3) is 0.300. The minimum absolute atomic E-state index is 0.249. The van der Waals surface area contributed by atoms with E-state index in [-0.39, 0.29) is 10.8 Å². The molecule has 0 bridgehead atoms. The van der Waals surface area contributed by atoms with Gasteiger partial charge in [-0.2, -0.15) is 4.31 Å². The first kappa shape index (κ1) is 19.3. The second-order valence-corrected chi connectivity index (χ2v) is 8.65. The van der Waals surface area contributed by atoms with Gasteiger partial charge in [0.1, 0.15) is 0 Å². The van der Waals surface area contributed by atoms with Crippen molar-refractivity contribution in [3.63, 3.8) is 0 Å². The van der Waals surface area contributed by atoms with E-state index < -0.39 is 10.0 Å². The molecule has 7 heteroatoms. The number of hydrogen-bond acceptors (Lipinski definition) is 4. The van der Waals surface area contributed by atoms with Gasteiger partial charge in [0, 0.05) is 31.0 Å². The number of nitrogens with zero attached hydrogens (tertiary/aromatic N) is 2. The van der Waals surface area contributed by atoms with Crippen LogP contribution in [0.2, 0.25) is 0 Å². The summed E-state index contributed by atoms with van der Waals surface area (Å²) in [6.07, 6.45) is 6.60. The van der Waals surface area contributed by atoms with Crippen molar-refractivity contribution in [2.24, 2.45) is 5.92 Å². The lowest BCUT2D eigenvalue weighted by molar-refractivity contribution is -0.111. The van der Waals surface area contributed by atoms with E-state index in [1.54, 1.807) is 40.8 Å². The average Bonchev–Trinajstić information content (AvgIpc) is 2.68. The third-order valence-electron chi connectivity index (χ3n) is 4.47. The SMILES string of the molecule is C[C@@H]1CCCN(S(=O)(=O)c2ccc(NC(=O)/C=C\c3ccccn3)cc2)C1. The number of pyridine rings is 1. The zero-order valence-corrected chi connectivity index (χ0v) is 16.0.